The van der Waals surface area contributed by atoms with Crippen molar-refractivity contribution in [3.05, 3.63) is 24.3 Å². The van der Waals surface area contributed by atoms with Crippen molar-refractivity contribution in [1.82, 2.24) is 5.32 Å². The van der Waals surface area contributed by atoms with Gasteiger partial charge in [0.25, 0.3) is 0 Å². The summed E-state index contributed by atoms with van der Waals surface area (Å²) in [5.74, 6) is 0.967. The van der Waals surface area contributed by atoms with Gasteiger partial charge in [-0.05, 0) is 43.0 Å². The molecule has 0 heterocycles. The lowest BCUT2D eigenvalue weighted by Crippen LogP contribution is -2.41. The predicted octanol–water partition coefficient (Wildman–Crippen LogP) is 2.88. The number of benzene rings is 1. The highest BCUT2D eigenvalue weighted by atomic mass is 32.2. The summed E-state index contributed by atoms with van der Waals surface area (Å²) in [4.78, 5) is 13.2. The summed E-state index contributed by atoms with van der Waals surface area (Å²) in [5, 5.41) is 3.12. The van der Waals surface area contributed by atoms with Crippen LogP contribution in [0.1, 0.15) is 32.6 Å². The van der Waals surface area contributed by atoms with Crippen molar-refractivity contribution < 1.29 is 13.2 Å². The molecule has 1 aromatic carbocycles. The van der Waals surface area contributed by atoms with E-state index in [2.05, 4.69) is 12.2 Å². The van der Waals surface area contributed by atoms with E-state index in [9.17, 15) is 13.2 Å². The molecule has 0 aliphatic heterocycles. The Morgan fingerprint density at radius 2 is 1.86 bits per heavy atom. The molecule has 1 aliphatic carbocycles. The molecular weight excluding hydrogens is 318 g/mol. The Hall–Kier alpha value is -1.01. The maximum Gasteiger partial charge on any atom is 0.230 e. The van der Waals surface area contributed by atoms with E-state index in [0.717, 1.165) is 11.3 Å². The highest BCUT2D eigenvalue weighted by Crippen LogP contribution is 2.24. The molecule has 2 atom stereocenters. The Bertz CT molecular complexity index is 611. The number of carbonyl (C=O) groups is 1. The molecule has 1 fully saturated rings. The van der Waals surface area contributed by atoms with Gasteiger partial charge in [-0.2, -0.15) is 0 Å². The molecule has 22 heavy (non-hydrogen) atoms. The number of thioether (sulfide) groups is 1. The third-order valence-electron chi connectivity index (χ3n) is 4.08. The number of amides is 1. The number of hydrogen-bond acceptors (Lipinski definition) is 4. The fourth-order valence-electron chi connectivity index (χ4n) is 2.71. The summed E-state index contributed by atoms with van der Waals surface area (Å²) in [7, 11) is -3.16. The first kappa shape index (κ1) is 17.3. The second-order valence-electron chi connectivity index (χ2n) is 5.97. The van der Waals surface area contributed by atoms with Crippen molar-refractivity contribution in [3.63, 3.8) is 0 Å². The van der Waals surface area contributed by atoms with E-state index < -0.39 is 9.84 Å². The minimum atomic E-state index is -3.16. The Labute approximate surface area is 137 Å². The largest absolute Gasteiger partial charge is 0.352 e. The van der Waals surface area contributed by atoms with Gasteiger partial charge in [0.05, 0.1) is 10.6 Å². The van der Waals surface area contributed by atoms with Crippen LogP contribution in [0, 0.1) is 5.92 Å². The first-order valence-corrected chi connectivity index (χ1v) is 10.5. The van der Waals surface area contributed by atoms with Gasteiger partial charge in [-0.1, -0.05) is 19.8 Å². The number of sulfone groups is 1. The zero-order chi connectivity index (χ0) is 16.2. The molecule has 0 saturated heterocycles. The minimum Gasteiger partial charge on any atom is -0.352 e. The number of hydrogen-bond donors (Lipinski definition) is 1. The van der Waals surface area contributed by atoms with Gasteiger partial charge in [-0.25, -0.2) is 8.42 Å². The van der Waals surface area contributed by atoms with E-state index in [1.165, 1.54) is 37.3 Å². The standard InChI is InChI=1S/C16H23NO3S2/c1-12-5-3-4-6-15(12)17-16(18)11-21-13-7-9-14(10-8-13)22(2,19)20/h7-10,12,15H,3-6,11H2,1-2H3,(H,17,18). The number of rotatable bonds is 5. The van der Waals surface area contributed by atoms with Gasteiger partial charge in [0, 0.05) is 17.2 Å². The molecule has 4 nitrogen and oxygen atoms in total. The molecule has 2 rings (SSSR count). The van der Waals surface area contributed by atoms with Crippen LogP contribution < -0.4 is 5.32 Å². The summed E-state index contributed by atoms with van der Waals surface area (Å²) in [6.45, 7) is 2.20. The van der Waals surface area contributed by atoms with E-state index in [0.29, 0.717) is 22.6 Å². The van der Waals surface area contributed by atoms with Crippen molar-refractivity contribution >= 4 is 27.5 Å². The van der Waals surface area contributed by atoms with Crippen LogP contribution in [0.25, 0.3) is 0 Å². The Morgan fingerprint density at radius 3 is 2.45 bits per heavy atom. The molecule has 0 spiro atoms. The van der Waals surface area contributed by atoms with E-state index in [4.69, 9.17) is 0 Å². The normalized spacial score (nSPS) is 22.3. The predicted molar refractivity (Wildman–Crippen MR) is 89.8 cm³/mol. The summed E-state index contributed by atoms with van der Waals surface area (Å²) in [6, 6.07) is 6.96. The van der Waals surface area contributed by atoms with Gasteiger partial charge < -0.3 is 5.32 Å². The lowest BCUT2D eigenvalue weighted by atomic mass is 9.86. The third-order valence-corrected chi connectivity index (χ3v) is 6.22. The molecule has 1 N–H and O–H groups in total. The van der Waals surface area contributed by atoms with Crippen LogP contribution in [0.15, 0.2) is 34.1 Å². The molecule has 1 aliphatic rings. The average molecular weight is 341 g/mol. The monoisotopic (exact) mass is 341 g/mol. The first-order valence-electron chi connectivity index (χ1n) is 7.58. The molecule has 122 valence electrons. The van der Waals surface area contributed by atoms with Gasteiger partial charge in [0.2, 0.25) is 5.91 Å². The average Bonchev–Trinajstić information content (AvgIpc) is 2.47. The van der Waals surface area contributed by atoms with E-state index in [1.807, 2.05) is 0 Å². The van der Waals surface area contributed by atoms with Crippen LogP contribution in [-0.4, -0.2) is 32.4 Å². The zero-order valence-corrected chi connectivity index (χ0v) is 14.7. The lowest BCUT2D eigenvalue weighted by Gasteiger charge is -2.29. The minimum absolute atomic E-state index is 0.0518. The van der Waals surface area contributed by atoms with Crippen molar-refractivity contribution in [2.45, 2.75) is 48.4 Å². The van der Waals surface area contributed by atoms with E-state index in [-0.39, 0.29) is 5.91 Å². The topological polar surface area (TPSA) is 63.2 Å². The molecule has 1 aromatic rings. The lowest BCUT2D eigenvalue weighted by molar-refractivity contribution is -0.119. The van der Waals surface area contributed by atoms with Crippen molar-refractivity contribution in [2.24, 2.45) is 5.92 Å². The first-order chi connectivity index (χ1) is 10.4. The van der Waals surface area contributed by atoms with Crippen LogP contribution in [0.5, 0.6) is 0 Å². The quantitative estimate of drug-likeness (QED) is 0.837. The molecule has 1 amide bonds. The van der Waals surface area contributed by atoms with Crippen molar-refractivity contribution in [1.29, 1.82) is 0 Å². The molecule has 2 unspecified atom stereocenters. The third kappa shape index (κ3) is 5.02. The number of carbonyl (C=O) groups excluding carboxylic acids is 1. The maximum absolute atomic E-state index is 12.0. The summed E-state index contributed by atoms with van der Waals surface area (Å²) in [5.41, 5.74) is 0. The summed E-state index contributed by atoms with van der Waals surface area (Å²) in [6.07, 6.45) is 5.89. The maximum atomic E-state index is 12.0. The smallest absolute Gasteiger partial charge is 0.230 e. The Balaban J connectivity index is 1.83. The molecule has 0 radical (unpaired) electrons. The van der Waals surface area contributed by atoms with Crippen LogP contribution in [0.3, 0.4) is 0 Å². The fraction of sp³-hybridized carbons (Fsp3) is 0.562. The second kappa shape index (κ2) is 7.51. The van der Waals surface area contributed by atoms with Gasteiger partial charge in [0.15, 0.2) is 9.84 Å². The summed E-state index contributed by atoms with van der Waals surface area (Å²) >= 11 is 1.43. The van der Waals surface area contributed by atoms with Crippen LogP contribution >= 0.6 is 11.8 Å². The summed E-state index contributed by atoms with van der Waals surface area (Å²) < 4.78 is 22.8. The van der Waals surface area contributed by atoms with Crippen molar-refractivity contribution in [3.8, 4) is 0 Å². The van der Waals surface area contributed by atoms with E-state index in [1.54, 1.807) is 24.3 Å². The second-order valence-corrected chi connectivity index (χ2v) is 9.03. The molecule has 6 heteroatoms. The molecule has 0 bridgehead atoms. The fourth-order valence-corrected chi connectivity index (χ4v) is 4.05. The SMILES string of the molecule is CC1CCCCC1NC(=O)CSc1ccc(S(C)(=O)=O)cc1. The van der Waals surface area contributed by atoms with Crippen LogP contribution in [0.2, 0.25) is 0 Å². The van der Waals surface area contributed by atoms with Gasteiger partial charge in [0.1, 0.15) is 0 Å². The molecular formula is C16H23NO3S2. The van der Waals surface area contributed by atoms with Gasteiger partial charge in [-0.15, -0.1) is 11.8 Å². The van der Waals surface area contributed by atoms with Crippen LogP contribution in [-0.2, 0) is 14.6 Å². The Morgan fingerprint density at radius 1 is 1.23 bits per heavy atom. The molecule has 1 saturated carbocycles. The van der Waals surface area contributed by atoms with E-state index >= 15 is 0 Å². The Kier molecular flexibility index (Phi) is 5.92. The van der Waals surface area contributed by atoms with Gasteiger partial charge in [-0.3, -0.25) is 4.79 Å². The number of nitrogens with one attached hydrogen (secondary N) is 1. The van der Waals surface area contributed by atoms with Gasteiger partial charge >= 0.3 is 0 Å². The molecule has 0 aromatic heterocycles. The zero-order valence-electron chi connectivity index (χ0n) is 13.0. The van der Waals surface area contributed by atoms with Crippen LogP contribution in [0.4, 0.5) is 0 Å². The highest BCUT2D eigenvalue weighted by molar-refractivity contribution is 8.00. The highest BCUT2D eigenvalue weighted by Gasteiger charge is 2.22. The van der Waals surface area contributed by atoms with Crippen molar-refractivity contribution in [2.75, 3.05) is 12.0 Å².